The summed E-state index contributed by atoms with van der Waals surface area (Å²) in [6.45, 7) is 1.54. The van der Waals surface area contributed by atoms with Gasteiger partial charge in [-0.05, 0) is 33.2 Å². The molecule has 2 N–H and O–H groups in total. The molecule has 0 heterocycles. The first-order valence-electron chi connectivity index (χ1n) is 7.51. The summed E-state index contributed by atoms with van der Waals surface area (Å²) in [4.78, 5) is 26.6. The summed E-state index contributed by atoms with van der Waals surface area (Å²) in [5.74, 6) is -1.60. The molecule has 0 fully saturated rings. The molecule has 0 spiro atoms. The lowest BCUT2D eigenvalue weighted by molar-refractivity contribution is -0.130. The number of carbonyl (C=O) groups is 2. The molecule has 24 heavy (non-hydrogen) atoms. The monoisotopic (exact) mass is 342 g/mol. The van der Waals surface area contributed by atoms with E-state index in [1.165, 1.54) is 23.1 Å². The molecule has 134 valence electrons. The average Bonchev–Trinajstić information content (AvgIpc) is 2.48. The Balaban J connectivity index is 2.75. The molecular weight excluding hydrogens is 318 g/mol. The van der Waals surface area contributed by atoms with Gasteiger partial charge >= 0.3 is 6.03 Å². The van der Waals surface area contributed by atoms with Crippen LogP contribution in [0.2, 0.25) is 0 Å². The van der Waals surface area contributed by atoms with E-state index in [-0.39, 0.29) is 18.0 Å². The number of hydrogen-bond donors (Lipinski definition) is 2. The second kappa shape index (κ2) is 8.58. The zero-order chi connectivity index (χ0) is 18.4. The number of nitrogens with one attached hydrogen (secondary N) is 2. The molecular formula is C16H24F2N4O2. The molecule has 0 saturated carbocycles. The quantitative estimate of drug-likeness (QED) is 0.820. The fraction of sp³-hybridized carbons (Fsp3) is 0.500. The maximum absolute atomic E-state index is 13.9. The van der Waals surface area contributed by atoms with Crippen LogP contribution < -0.4 is 10.6 Å². The minimum atomic E-state index is -0.706. The number of urea groups is 1. The van der Waals surface area contributed by atoms with Crippen LogP contribution in [0.5, 0.6) is 0 Å². The molecule has 0 unspecified atom stereocenters. The molecule has 6 nitrogen and oxygen atoms in total. The number of halogens is 2. The maximum atomic E-state index is 13.9. The van der Waals surface area contributed by atoms with Crippen molar-refractivity contribution < 1.29 is 18.4 Å². The largest absolute Gasteiger partial charge is 0.347 e. The smallest absolute Gasteiger partial charge is 0.315 e. The van der Waals surface area contributed by atoms with Crippen molar-refractivity contribution in [1.82, 2.24) is 20.4 Å². The van der Waals surface area contributed by atoms with Crippen molar-refractivity contribution in [2.24, 2.45) is 0 Å². The Bertz CT molecular complexity index is 573. The summed E-state index contributed by atoms with van der Waals surface area (Å²) in [5, 5.41) is 5.03. The van der Waals surface area contributed by atoms with E-state index in [2.05, 4.69) is 10.6 Å². The van der Waals surface area contributed by atoms with Crippen LogP contribution in [0.15, 0.2) is 18.2 Å². The van der Waals surface area contributed by atoms with Crippen molar-refractivity contribution in [2.75, 3.05) is 34.7 Å². The molecule has 1 rings (SSSR count). The van der Waals surface area contributed by atoms with Gasteiger partial charge in [-0.15, -0.1) is 0 Å². The second-order valence-electron chi connectivity index (χ2n) is 5.92. The molecule has 0 bridgehead atoms. The van der Waals surface area contributed by atoms with E-state index >= 15 is 0 Å². The second-order valence-corrected chi connectivity index (χ2v) is 5.92. The zero-order valence-corrected chi connectivity index (χ0v) is 14.6. The van der Waals surface area contributed by atoms with Crippen molar-refractivity contribution in [2.45, 2.75) is 19.0 Å². The van der Waals surface area contributed by atoms with Gasteiger partial charge in [-0.25, -0.2) is 13.6 Å². The average molecular weight is 342 g/mol. The van der Waals surface area contributed by atoms with Crippen molar-refractivity contribution >= 4 is 11.9 Å². The SMILES string of the molecule is C[C@H](NC(=O)NC[C@@H](c1c(F)cccc1F)N(C)C)C(=O)N(C)C. The van der Waals surface area contributed by atoms with Crippen LogP contribution in [0.3, 0.4) is 0 Å². The topological polar surface area (TPSA) is 64.7 Å². The number of hydrogen-bond acceptors (Lipinski definition) is 3. The number of benzene rings is 1. The molecule has 0 radical (unpaired) electrons. The fourth-order valence-corrected chi connectivity index (χ4v) is 2.26. The summed E-state index contributed by atoms with van der Waals surface area (Å²) >= 11 is 0. The van der Waals surface area contributed by atoms with E-state index in [1.807, 2.05) is 0 Å². The highest BCUT2D eigenvalue weighted by molar-refractivity contribution is 5.86. The first-order chi connectivity index (χ1) is 11.1. The highest BCUT2D eigenvalue weighted by Gasteiger charge is 2.23. The van der Waals surface area contributed by atoms with Gasteiger partial charge in [-0.2, -0.15) is 0 Å². The Morgan fingerprint density at radius 2 is 1.67 bits per heavy atom. The van der Waals surface area contributed by atoms with Crippen molar-refractivity contribution in [3.63, 3.8) is 0 Å². The van der Waals surface area contributed by atoms with Gasteiger partial charge in [0, 0.05) is 26.2 Å². The molecule has 1 aromatic rings. The molecule has 0 aliphatic heterocycles. The fourth-order valence-electron chi connectivity index (χ4n) is 2.26. The van der Waals surface area contributed by atoms with Crippen LogP contribution >= 0.6 is 0 Å². The van der Waals surface area contributed by atoms with Crippen LogP contribution in [-0.4, -0.2) is 62.5 Å². The molecule has 0 aromatic heterocycles. The van der Waals surface area contributed by atoms with Crippen molar-refractivity contribution in [3.05, 3.63) is 35.4 Å². The molecule has 0 saturated heterocycles. The Kier molecular flexibility index (Phi) is 7.09. The summed E-state index contributed by atoms with van der Waals surface area (Å²) < 4.78 is 27.9. The van der Waals surface area contributed by atoms with E-state index in [4.69, 9.17) is 0 Å². The third-order valence-electron chi connectivity index (χ3n) is 3.57. The standard InChI is InChI=1S/C16H24F2N4O2/c1-10(15(23)22(4)5)20-16(24)19-9-13(21(2)3)14-11(17)7-6-8-12(14)18/h6-8,10,13H,9H2,1-5H3,(H2,19,20,24)/t10-,13-/m0/s1. The molecule has 3 amide bonds. The third kappa shape index (κ3) is 5.16. The molecule has 2 atom stereocenters. The van der Waals surface area contributed by atoms with Gasteiger partial charge in [-0.1, -0.05) is 6.07 Å². The Hall–Kier alpha value is -2.22. The zero-order valence-electron chi connectivity index (χ0n) is 14.6. The number of nitrogens with zero attached hydrogens (tertiary/aromatic N) is 2. The minimum absolute atomic E-state index is 0.0143. The third-order valence-corrected chi connectivity index (χ3v) is 3.57. The highest BCUT2D eigenvalue weighted by Crippen LogP contribution is 2.23. The van der Waals surface area contributed by atoms with E-state index in [0.717, 1.165) is 0 Å². The van der Waals surface area contributed by atoms with Crippen LogP contribution in [0.4, 0.5) is 13.6 Å². The number of amides is 3. The van der Waals surface area contributed by atoms with Gasteiger partial charge in [0.15, 0.2) is 0 Å². The summed E-state index contributed by atoms with van der Waals surface area (Å²) in [6, 6.07) is 1.66. The lowest BCUT2D eigenvalue weighted by Gasteiger charge is -2.26. The summed E-state index contributed by atoms with van der Waals surface area (Å²) in [7, 11) is 6.49. The highest BCUT2D eigenvalue weighted by atomic mass is 19.1. The normalized spacial score (nSPS) is 13.3. The predicted molar refractivity (Wildman–Crippen MR) is 87.5 cm³/mol. The summed E-state index contributed by atoms with van der Waals surface area (Å²) in [5.41, 5.74) is -0.111. The van der Waals surface area contributed by atoms with Crippen LogP contribution in [-0.2, 0) is 4.79 Å². The predicted octanol–water partition coefficient (Wildman–Crippen LogP) is 1.34. The van der Waals surface area contributed by atoms with E-state index in [9.17, 15) is 18.4 Å². The van der Waals surface area contributed by atoms with Gasteiger partial charge in [-0.3, -0.25) is 4.79 Å². The maximum Gasteiger partial charge on any atom is 0.315 e. The van der Waals surface area contributed by atoms with E-state index < -0.39 is 29.7 Å². The Labute approximate surface area is 140 Å². The van der Waals surface area contributed by atoms with Gasteiger partial charge < -0.3 is 20.4 Å². The Morgan fingerprint density at radius 3 is 2.12 bits per heavy atom. The van der Waals surface area contributed by atoms with Gasteiger partial charge in [0.1, 0.15) is 17.7 Å². The number of rotatable bonds is 6. The molecule has 1 aromatic carbocycles. The number of carbonyl (C=O) groups excluding carboxylic acids is 2. The van der Waals surface area contributed by atoms with Crippen LogP contribution in [0.25, 0.3) is 0 Å². The van der Waals surface area contributed by atoms with Crippen molar-refractivity contribution in [1.29, 1.82) is 0 Å². The van der Waals surface area contributed by atoms with Crippen LogP contribution in [0, 0.1) is 11.6 Å². The molecule has 0 aliphatic carbocycles. The summed E-state index contributed by atoms with van der Waals surface area (Å²) in [6.07, 6.45) is 0. The first kappa shape index (κ1) is 19.8. The van der Waals surface area contributed by atoms with Crippen molar-refractivity contribution in [3.8, 4) is 0 Å². The molecule has 0 aliphatic rings. The van der Waals surface area contributed by atoms with Gasteiger partial charge in [0.2, 0.25) is 5.91 Å². The lowest BCUT2D eigenvalue weighted by atomic mass is 10.0. The first-order valence-corrected chi connectivity index (χ1v) is 7.51. The van der Waals surface area contributed by atoms with E-state index in [0.29, 0.717) is 0 Å². The van der Waals surface area contributed by atoms with Gasteiger partial charge in [0.25, 0.3) is 0 Å². The van der Waals surface area contributed by atoms with Gasteiger partial charge in [0.05, 0.1) is 6.04 Å². The number of likely N-dealkylation sites (N-methyl/N-ethyl adjacent to an activating group) is 2. The Morgan fingerprint density at radius 1 is 1.12 bits per heavy atom. The van der Waals surface area contributed by atoms with Crippen LogP contribution in [0.1, 0.15) is 18.5 Å². The lowest BCUT2D eigenvalue weighted by Crippen LogP contribution is -2.49. The van der Waals surface area contributed by atoms with E-state index in [1.54, 1.807) is 40.0 Å². The molecule has 8 heteroatoms. The minimum Gasteiger partial charge on any atom is -0.347 e.